The van der Waals surface area contributed by atoms with Crippen LogP contribution in [0.3, 0.4) is 0 Å². The maximum Gasteiger partial charge on any atom is 0.129 e. The first-order valence-electron chi connectivity index (χ1n) is 5.03. The fourth-order valence-corrected chi connectivity index (χ4v) is 2.20. The van der Waals surface area contributed by atoms with Crippen LogP contribution >= 0.6 is 11.3 Å². The summed E-state index contributed by atoms with van der Waals surface area (Å²) < 4.78 is 0. The van der Waals surface area contributed by atoms with Gasteiger partial charge in [-0.05, 0) is 25.7 Å². The summed E-state index contributed by atoms with van der Waals surface area (Å²) >= 11 is 1.71. The molecule has 0 aliphatic rings. The van der Waals surface area contributed by atoms with E-state index in [9.17, 15) is 4.79 Å². The van der Waals surface area contributed by atoms with Crippen molar-refractivity contribution in [3.8, 4) is 0 Å². The largest absolute Gasteiger partial charge is 0.300 e. The number of carbonyl (C=O) groups is 1. The van der Waals surface area contributed by atoms with E-state index >= 15 is 0 Å². The molecule has 0 saturated heterocycles. The van der Waals surface area contributed by atoms with Crippen LogP contribution in [-0.2, 0) is 11.2 Å². The van der Waals surface area contributed by atoms with Crippen molar-refractivity contribution in [1.29, 1.82) is 0 Å². The van der Waals surface area contributed by atoms with E-state index in [1.165, 1.54) is 5.69 Å². The minimum absolute atomic E-state index is 0.269. The van der Waals surface area contributed by atoms with Crippen LogP contribution in [0.2, 0.25) is 0 Å². The van der Waals surface area contributed by atoms with Crippen LogP contribution in [0.5, 0.6) is 0 Å². The molecular formula is C11H17NOS. The van der Waals surface area contributed by atoms with E-state index in [-0.39, 0.29) is 5.78 Å². The molecule has 0 aliphatic heterocycles. The Bertz CT molecular complexity index is 304. The van der Waals surface area contributed by atoms with Gasteiger partial charge >= 0.3 is 0 Å². The van der Waals surface area contributed by atoms with Crippen molar-refractivity contribution in [1.82, 2.24) is 4.98 Å². The Kier molecular flexibility index (Phi) is 4.26. The van der Waals surface area contributed by atoms with E-state index in [1.807, 2.05) is 0 Å². The summed E-state index contributed by atoms with van der Waals surface area (Å²) in [4.78, 5) is 15.2. The van der Waals surface area contributed by atoms with E-state index in [2.05, 4.69) is 24.2 Å². The standard InChI is InChI=1S/C11H17NOS/c1-8(2)10-7-14-11(12-10)6-4-5-9(3)13/h7-8H,4-6H2,1-3H3. The smallest absolute Gasteiger partial charge is 0.129 e. The van der Waals surface area contributed by atoms with E-state index in [1.54, 1.807) is 18.3 Å². The predicted molar refractivity (Wildman–Crippen MR) is 59.8 cm³/mol. The molecule has 1 rings (SSSR count). The molecule has 0 radical (unpaired) electrons. The molecule has 0 fully saturated rings. The molecule has 3 heteroatoms. The molecule has 1 heterocycles. The molecule has 0 unspecified atom stereocenters. The monoisotopic (exact) mass is 211 g/mol. The highest BCUT2D eigenvalue weighted by Gasteiger charge is 2.05. The molecule has 0 saturated carbocycles. The summed E-state index contributed by atoms with van der Waals surface area (Å²) in [5, 5.41) is 3.28. The van der Waals surface area contributed by atoms with Gasteiger partial charge in [0.1, 0.15) is 5.78 Å². The van der Waals surface area contributed by atoms with Crippen LogP contribution in [0.1, 0.15) is 50.2 Å². The van der Waals surface area contributed by atoms with Gasteiger partial charge in [0.25, 0.3) is 0 Å². The van der Waals surface area contributed by atoms with Crippen LogP contribution < -0.4 is 0 Å². The Labute approximate surface area is 89.4 Å². The average Bonchev–Trinajstić information content (AvgIpc) is 2.52. The highest BCUT2D eigenvalue weighted by Crippen LogP contribution is 2.18. The fraction of sp³-hybridized carbons (Fsp3) is 0.636. The predicted octanol–water partition coefficient (Wildman–Crippen LogP) is 3.18. The maximum absolute atomic E-state index is 10.7. The molecule has 0 bridgehead atoms. The lowest BCUT2D eigenvalue weighted by atomic mass is 10.1. The van der Waals surface area contributed by atoms with Gasteiger partial charge in [0.15, 0.2) is 0 Å². The third-order valence-corrected chi connectivity index (χ3v) is 3.01. The Morgan fingerprint density at radius 2 is 2.29 bits per heavy atom. The van der Waals surface area contributed by atoms with Gasteiger partial charge in [0.2, 0.25) is 0 Å². The van der Waals surface area contributed by atoms with E-state index < -0.39 is 0 Å². The minimum atomic E-state index is 0.269. The molecule has 0 aliphatic carbocycles. The molecule has 2 nitrogen and oxygen atoms in total. The second-order valence-corrected chi connectivity index (χ2v) is 4.82. The van der Waals surface area contributed by atoms with Crippen molar-refractivity contribution < 1.29 is 4.79 Å². The Balaban J connectivity index is 2.40. The van der Waals surface area contributed by atoms with E-state index in [4.69, 9.17) is 0 Å². The van der Waals surface area contributed by atoms with Crippen molar-refractivity contribution in [3.05, 3.63) is 16.1 Å². The molecule has 0 atom stereocenters. The van der Waals surface area contributed by atoms with Crippen molar-refractivity contribution in [3.63, 3.8) is 0 Å². The highest BCUT2D eigenvalue weighted by atomic mass is 32.1. The first-order valence-corrected chi connectivity index (χ1v) is 5.91. The molecule has 0 amide bonds. The summed E-state index contributed by atoms with van der Waals surface area (Å²) in [6.45, 7) is 5.93. The summed E-state index contributed by atoms with van der Waals surface area (Å²) in [5.74, 6) is 0.776. The Morgan fingerprint density at radius 3 is 2.79 bits per heavy atom. The molecule has 0 aromatic carbocycles. The molecule has 1 aromatic heterocycles. The first-order chi connectivity index (χ1) is 6.59. The summed E-state index contributed by atoms with van der Waals surface area (Å²) in [6.07, 6.45) is 2.55. The number of thiazole rings is 1. The molecule has 0 spiro atoms. The number of aryl methyl sites for hydroxylation is 1. The van der Waals surface area contributed by atoms with Crippen LogP contribution in [0.15, 0.2) is 5.38 Å². The lowest BCUT2D eigenvalue weighted by Crippen LogP contribution is -1.93. The number of nitrogens with zero attached hydrogens (tertiary/aromatic N) is 1. The number of rotatable bonds is 5. The summed E-state index contributed by atoms with van der Waals surface area (Å²) in [6, 6.07) is 0. The van der Waals surface area contributed by atoms with Crippen LogP contribution in [0.4, 0.5) is 0 Å². The third kappa shape index (κ3) is 3.58. The average molecular weight is 211 g/mol. The molecular weight excluding hydrogens is 194 g/mol. The number of Topliss-reactive ketones (excluding diaryl/α,β-unsaturated/α-hetero) is 1. The van der Waals surface area contributed by atoms with Gasteiger partial charge in [-0.15, -0.1) is 11.3 Å². The molecule has 0 N–H and O–H groups in total. The normalized spacial score (nSPS) is 10.9. The zero-order valence-corrected chi connectivity index (χ0v) is 9.86. The zero-order valence-electron chi connectivity index (χ0n) is 9.04. The van der Waals surface area contributed by atoms with Gasteiger partial charge in [0, 0.05) is 11.8 Å². The topological polar surface area (TPSA) is 30.0 Å². The van der Waals surface area contributed by atoms with E-state index in [0.717, 1.165) is 17.8 Å². The fourth-order valence-electron chi connectivity index (χ4n) is 1.19. The number of hydrogen-bond donors (Lipinski definition) is 0. The van der Waals surface area contributed by atoms with Crippen molar-refractivity contribution in [2.45, 2.75) is 46.0 Å². The summed E-state index contributed by atoms with van der Waals surface area (Å²) in [5.41, 5.74) is 1.17. The highest BCUT2D eigenvalue weighted by molar-refractivity contribution is 7.09. The van der Waals surface area contributed by atoms with Gasteiger partial charge in [0.05, 0.1) is 10.7 Å². The Hall–Kier alpha value is -0.700. The number of hydrogen-bond acceptors (Lipinski definition) is 3. The number of aromatic nitrogens is 1. The first kappa shape index (κ1) is 11.4. The molecule has 1 aromatic rings. The van der Waals surface area contributed by atoms with Gasteiger partial charge in [-0.3, -0.25) is 0 Å². The van der Waals surface area contributed by atoms with Gasteiger partial charge < -0.3 is 4.79 Å². The number of carbonyl (C=O) groups excluding carboxylic acids is 1. The second-order valence-electron chi connectivity index (χ2n) is 3.88. The van der Waals surface area contributed by atoms with Crippen LogP contribution in [0.25, 0.3) is 0 Å². The zero-order chi connectivity index (χ0) is 10.6. The van der Waals surface area contributed by atoms with Gasteiger partial charge in [-0.1, -0.05) is 13.8 Å². The maximum atomic E-state index is 10.7. The Morgan fingerprint density at radius 1 is 1.57 bits per heavy atom. The summed E-state index contributed by atoms with van der Waals surface area (Å²) in [7, 11) is 0. The van der Waals surface area contributed by atoms with Crippen LogP contribution in [-0.4, -0.2) is 10.8 Å². The third-order valence-electron chi connectivity index (χ3n) is 2.08. The lowest BCUT2D eigenvalue weighted by molar-refractivity contribution is -0.117. The van der Waals surface area contributed by atoms with Crippen LogP contribution in [0, 0.1) is 0 Å². The van der Waals surface area contributed by atoms with Gasteiger partial charge in [-0.2, -0.15) is 0 Å². The second kappa shape index (κ2) is 5.25. The number of ketones is 1. The SMILES string of the molecule is CC(=O)CCCc1nc(C(C)C)cs1. The van der Waals surface area contributed by atoms with Crippen molar-refractivity contribution in [2.75, 3.05) is 0 Å². The van der Waals surface area contributed by atoms with Crippen molar-refractivity contribution >= 4 is 17.1 Å². The quantitative estimate of drug-likeness (QED) is 0.748. The minimum Gasteiger partial charge on any atom is -0.300 e. The molecule has 14 heavy (non-hydrogen) atoms. The van der Waals surface area contributed by atoms with Gasteiger partial charge in [-0.25, -0.2) is 4.98 Å². The molecule has 78 valence electrons. The van der Waals surface area contributed by atoms with Crippen molar-refractivity contribution in [2.24, 2.45) is 0 Å². The lowest BCUT2D eigenvalue weighted by Gasteiger charge is -1.97. The van der Waals surface area contributed by atoms with E-state index in [0.29, 0.717) is 12.3 Å².